The molecule has 1 unspecified atom stereocenters. The molecule has 0 radical (unpaired) electrons. The van der Waals surface area contributed by atoms with Crippen LogP contribution in [0.4, 0.5) is 4.39 Å². The zero-order chi connectivity index (χ0) is 12.9. The van der Waals surface area contributed by atoms with E-state index in [1.807, 2.05) is 12.1 Å². The van der Waals surface area contributed by atoms with Gasteiger partial charge in [-0.1, -0.05) is 42.8 Å². The van der Waals surface area contributed by atoms with Crippen LogP contribution in [-0.2, 0) is 6.42 Å². The summed E-state index contributed by atoms with van der Waals surface area (Å²) in [5, 5.41) is 3.36. The minimum Gasteiger partial charge on any atom is -0.316 e. The van der Waals surface area contributed by atoms with Crippen LogP contribution in [0.15, 0.2) is 22.7 Å². The van der Waals surface area contributed by atoms with Gasteiger partial charge in [0.25, 0.3) is 0 Å². The van der Waals surface area contributed by atoms with Crippen LogP contribution in [0.2, 0.25) is 0 Å². The molecule has 0 bridgehead atoms. The highest BCUT2D eigenvalue weighted by Crippen LogP contribution is 2.28. The molecule has 0 aliphatic rings. The Morgan fingerprint density at radius 2 is 2.06 bits per heavy atom. The third-order valence-electron chi connectivity index (χ3n) is 3.29. The molecule has 1 aromatic rings. The topological polar surface area (TPSA) is 12.0 Å². The van der Waals surface area contributed by atoms with Crippen molar-refractivity contribution < 1.29 is 4.39 Å². The summed E-state index contributed by atoms with van der Waals surface area (Å²) in [5.41, 5.74) is 0.917. The second kappa shape index (κ2) is 6.50. The van der Waals surface area contributed by atoms with Crippen molar-refractivity contribution in [2.45, 2.75) is 33.6 Å². The molecular weight excluding hydrogens is 281 g/mol. The first-order valence-corrected chi connectivity index (χ1v) is 6.94. The molecule has 96 valence electrons. The average Bonchev–Trinajstić information content (AvgIpc) is 2.30. The highest BCUT2D eigenvalue weighted by Gasteiger charge is 2.23. The molecule has 0 aliphatic heterocycles. The molecule has 1 rings (SSSR count). The van der Waals surface area contributed by atoms with Crippen molar-refractivity contribution in [3.8, 4) is 0 Å². The van der Waals surface area contributed by atoms with Gasteiger partial charge in [-0.05, 0) is 42.5 Å². The van der Waals surface area contributed by atoms with Crippen LogP contribution in [0.5, 0.6) is 0 Å². The lowest BCUT2D eigenvalue weighted by atomic mass is 9.81. The van der Waals surface area contributed by atoms with Gasteiger partial charge in [-0.15, -0.1) is 0 Å². The fourth-order valence-electron chi connectivity index (χ4n) is 1.86. The van der Waals surface area contributed by atoms with Crippen molar-refractivity contribution in [1.29, 1.82) is 0 Å². The highest BCUT2D eigenvalue weighted by molar-refractivity contribution is 9.10. The van der Waals surface area contributed by atoms with E-state index in [2.05, 4.69) is 42.0 Å². The molecule has 0 spiro atoms. The molecule has 1 nitrogen and oxygen atoms in total. The number of halogens is 2. The molecule has 0 aromatic heterocycles. The molecule has 0 amide bonds. The van der Waals surface area contributed by atoms with E-state index in [0.717, 1.165) is 36.0 Å². The minimum absolute atomic E-state index is 0.115. The SMILES string of the molecule is CCNCC(C)(CC)Cc1ccc(Br)cc1F. The van der Waals surface area contributed by atoms with E-state index in [9.17, 15) is 4.39 Å². The third-order valence-corrected chi connectivity index (χ3v) is 3.78. The average molecular weight is 302 g/mol. The molecule has 3 heteroatoms. The van der Waals surface area contributed by atoms with Gasteiger partial charge in [0.1, 0.15) is 5.82 Å². The summed E-state index contributed by atoms with van der Waals surface area (Å²) in [6.45, 7) is 8.34. The van der Waals surface area contributed by atoms with Gasteiger partial charge >= 0.3 is 0 Å². The van der Waals surface area contributed by atoms with Crippen molar-refractivity contribution in [2.24, 2.45) is 5.41 Å². The standard InChI is InChI=1S/C14H21BrFN/c1-4-14(3,10-17-5-2)9-11-6-7-12(15)8-13(11)16/h6-8,17H,4-5,9-10H2,1-3H3. The Kier molecular flexibility index (Phi) is 5.60. The Bertz CT molecular complexity index is 367. The first-order valence-electron chi connectivity index (χ1n) is 6.15. The number of rotatable bonds is 6. The molecule has 1 atom stereocenters. The first-order chi connectivity index (χ1) is 8.00. The summed E-state index contributed by atoms with van der Waals surface area (Å²) in [7, 11) is 0. The lowest BCUT2D eigenvalue weighted by molar-refractivity contribution is 0.289. The van der Waals surface area contributed by atoms with Gasteiger partial charge in [-0.25, -0.2) is 4.39 Å². The lowest BCUT2D eigenvalue weighted by Crippen LogP contribution is -2.33. The normalized spacial score (nSPS) is 14.6. The minimum atomic E-state index is -0.115. The van der Waals surface area contributed by atoms with Gasteiger partial charge in [0.15, 0.2) is 0 Å². The fourth-order valence-corrected chi connectivity index (χ4v) is 2.20. The maximum Gasteiger partial charge on any atom is 0.127 e. The van der Waals surface area contributed by atoms with Gasteiger partial charge in [-0.2, -0.15) is 0 Å². The number of hydrogen-bond donors (Lipinski definition) is 1. The zero-order valence-electron chi connectivity index (χ0n) is 10.8. The molecule has 0 heterocycles. The molecule has 1 N–H and O–H groups in total. The van der Waals surface area contributed by atoms with Crippen LogP contribution in [-0.4, -0.2) is 13.1 Å². The number of hydrogen-bond acceptors (Lipinski definition) is 1. The molecule has 17 heavy (non-hydrogen) atoms. The van der Waals surface area contributed by atoms with Gasteiger partial charge in [0.2, 0.25) is 0 Å². The predicted octanol–water partition coefficient (Wildman–Crippen LogP) is 4.16. The first kappa shape index (κ1) is 14.7. The van der Waals surface area contributed by atoms with Crippen LogP contribution >= 0.6 is 15.9 Å². The van der Waals surface area contributed by atoms with E-state index in [-0.39, 0.29) is 11.2 Å². The second-order valence-electron chi connectivity index (χ2n) is 4.86. The van der Waals surface area contributed by atoms with Crippen molar-refractivity contribution in [3.63, 3.8) is 0 Å². The quantitative estimate of drug-likeness (QED) is 0.832. The molecule has 0 saturated heterocycles. The van der Waals surface area contributed by atoms with Gasteiger partial charge in [0, 0.05) is 11.0 Å². The van der Waals surface area contributed by atoms with E-state index in [1.165, 1.54) is 0 Å². The van der Waals surface area contributed by atoms with Gasteiger partial charge in [-0.3, -0.25) is 0 Å². The summed E-state index contributed by atoms with van der Waals surface area (Å²) < 4.78 is 14.6. The summed E-state index contributed by atoms with van der Waals surface area (Å²) in [6.07, 6.45) is 1.81. The monoisotopic (exact) mass is 301 g/mol. The van der Waals surface area contributed by atoms with Crippen LogP contribution in [0.1, 0.15) is 32.8 Å². The predicted molar refractivity (Wildman–Crippen MR) is 74.7 cm³/mol. The van der Waals surface area contributed by atoms with Crippen LogP contribution in [0.3, 0.4) is 0 Å². The summed E-state index contributed by atoms with van der Waals surface area (Å²) in [6, 6.07) is 5.32. The largest absolute Gasteiger partial charge is 0.316 e. The number of nitrogens with one attached hydrogen (secondary N) is 1. The van der Waals surface area contributed by atoms with Crippen molar-refractivity contribution in [1.82, 2.24) is 5.32 Å². The maximum atomic E-state index is 13.8. The van der Waals surface area contributed by atoms with Crippen LogP contribution < -0.4 is 5.32 Å². The van der Waals surface area contributed by atoms with E-state index >= 15 is 0 Å². The van der Waals surface area contributed by atoms with E-state index in [1.54, 1.807) is 6.07 Å². The molecular formula is C14H21BrFN. The van der Waals surface area contributed by atoms with Crippen LogP contribution in [0, 0.1) is 11.2 Å². The smallest absolute Gasteiger partial charge is 0.127 e. The van der Waals surface area contributed by atoms with Crippen molar-refractivity contribution in [3.05, 3.63) is 34.1 Å². The van der Waals surface area contributed by atoms with E-state index in [4.69, 9.17) is 0 Å². The Balaban J connectivity index is 2.79. The molecule has 0 saturated carbocycles. The second-order valence-corrected chi connectivity index (χ2v) is 5.77. The van der Waals surface area contributed by atoms with Crippen molar-refractivity contribution in [2.75, 3.05) is 13.1 Å². The van der Waals surface area contributed by atoms with Crippen LogP contribution in [0.25, 0.3) is 0 Å². The maximum absolute atomic E-state index is 13.8. The van der Waals surface area contributed by atoms with Gasteiger partial charge < -0.3 is 5.32 Å². The fraction of sp³-hybridized carbons (Fsp3) is 0.571. The summed E-state index contributed by atoms with van der Waals surface area (Å²) in [5.74, 6) is -0.115. The Hall–Kier alpha value is -0.410. The zero-order valence-corrected chi connectivity index (χ0v) is 12.4. The highest BCUT2D eigenvalue weighted by atomic mass is 79.9. The summed E-state index contributed by atoms with van der Waals surface area (Å²) in [4.78, 5) is 0. The lowest BCUT2D eigenvalue weighted by Gasteiger charge is -2.29. The van der Waals surface area contributed by atoms with E-state index < -0.39 is 0 Å². The molecule has 0 fully saturated rings. The van der Waals surface area contributed by atoms with Gasteiger partial charge in [0.05, 0.1) is 0 Å². The van der Waals surface area contributed by atoms with E-state index in [0.29, 0.717) is 0 Å². The molecule has 1 aromatic carbocycles. The molecule has 0 aliphatic carbocycles. The number of benzene rings is 1. The Labute approximate surface area is 112 Å². The Morgan fingerprint density at radius 3 is 2.59 bits per heavy atom. The van der Waals surface area contributed by atoms with Crippen molar-refractivity contribution >= 4 is 15.9 Å². The Morgan fingerprint density at radius 1 is 1.35 bits per heavy atom. The third kappa shape index (κ3) is 4.40. The summed E-state index contributed by atoms with van der Waals surface area (Å²) >= 11 is 3.28.